The quantitative estimate of drug-likeness (QED) is 0.266. The van der Waals surface area contributed by atoms with Crippen molar-refractivity contribution in [1.82, 2.24) is 4.31 Å². The van der Waals surface area contributed by atoms with E-state index in [9.17, 15) is 22.8 Å². The molecule has 2 aromatic rings. The summed E-state index contributed by atoms with van der Waals surface area (Å²) in [6.07, 6.45) is -1.29. The Bertz CT molecular complexity index is 1170. The Morgan fingerprint density at radius 2 is 1.71 bits per heavy atom. The van der Waals surface area contributed by atoms with E-state index in [1.807, 2.05) is 0 Å². The van der Waals surface area contributed by atoms with E-state index in [0.717, 1.165) is 12.8 Å². The third kappa shape index (κ3) is 5.63. The normalized spacial score (nSPS) is 16.5. The molecule has 1 aliphatic heterocycles. The van der Waals surface area contributed by atoms with Gasteiger partial charge in [0, 0.05) is 30.4 Å². The van der Waals surface area contributed by atoms with Crippen LogP contribution in [0, 0.1) is 3.57 Å². The summed E-state index contributed by atoms with van der Waals surface area (Å²) in [5.41, 5.74) is 0.784. The van der Waals surface area contributed by atoms with Gasteiger partial charge in [0.1, 0.15) is 6.04 Å². The van der Waals surface area contributed by atoms with E-state index in [0.29, 0.717) is 11.4 Å². The minimum Gasteiger partial charge on any atom is -0.354 e. The van der Waals surface area contributed by atoms with Crippen molar-refractivity contribution in [1.29, 1.82) is 0 Å². The van der Waals surface area contributed by atoms with Crippen LogP contribution >= 0.6 is 22.6 Å². The van der Waals surface area contributed by atoms with E-state index in [1.165, 1.54) is 45.4 Å². The smallest absolute Gasteiger partial charge is 0.252 e. The standard InChI is InChI=1S/C22H24IN3O7S/c1-14(27)24-16-6-10-18(11-7-16)34(30,31)25(13-21(32-2)33-3)19-12-20(28)26(22(19)29)17-8-4-15(23)5-9-17/h4-11,19,21H,12-13H2,1-3H3,(H,24,27). The van der Waals surface area contributed by atoms with Crippen LogP contribution in [0.15, 0.2) is 53.4 Å². The molecule has 10 nitrogen and oxygen atoms in total. The van der Waals surface area contributed by atoms with E-state index < -0.39 is 34.2 Å². The van der Waals surface area contributed by atoms with Gasteiger partial charge in [-0.2, -0.15) is 4.31 Å². The Balaban J connectivity index is 1.98. The molecule has 2 aromatic carbocycles. The van der Waals surface area contributed by atoms with Gasteiger partial charge in [0.05, 0.1) is 23.5 Å². The van der Waals surface area contributed by atoms with Crippen LogP contribution < -0.4 is 10.2 Å². The second kappa shape index (κ2) is 10.9. The summed E-state index contributed by atoms with van der Waals surface area (Å²) < 4.78 is 39.4. The molecular formula is C22H24IN3O7S. The maximum Gasteiger partial charge on any atom is 0.252 e. The Hall–Kier alpha value is -2.39. The molecule has 0 bridgehead atoms. The lowest BCUT2D eigenvalue weighted by molar-refractivity contribution is -0.126. The summed E-state index contributed by atoms with van der Waals surface area (Å²) in [5, 5.41) is 2.57. The number of methoxy groups -OCH3 is 2. The maximum absolute atomic E-state index is 13.6. The van der Waals surface area contributed by atoms with Crippen LogP contribution in [0.5, 0.6) is 0 Å². The Morgan fingerprint density at radius 3 is 2.24 bits per heavy atom. The van der Waals surface area contributed by atoms with E-state index in [2.05, 4.69) is 27.9 Å². The molecule has 1 unspecified atom stereocenters. The first-order valence-electron chi connectivity index (χ1n) is 10.2. The van der Waals surface area contributed by atoms with Gasteiger partial charge in [-0.25, -0.2) is 13.3 Å². The lowest BCUT2D eigenvalue weighted by atomic mass is 10.2. The Labute approximate surface area is 211 Å². The predicted octanol–water partition coefficient (Wildman–Crippen LogP) is 2.19. The molecule has 12 heteroatoms. The van der Waals surface area contributed by atoms with Crippen LogP contribution in [0.2, 0.25) is 0 Å². The molecule has 1 N–H and O–H groups in total. The summed E-state index contributed by atoms with van der Waals surface area (Å²) >= 11 is 2.11. The minimum atomic E-state index is -4.25. The molecule has 1 atom stereocenters. The van der Waals surface area contributed by atoms with Gasteiger partial charge in [0.25, 0.3) is 5.91 Å². The van der Waals surface area contributed by atoms with Crippen molar-refractivity contribution >= 4 is 61.7 Å². The fourth-order valence-corrected chi connectivity index (χ4v) is 5.46. The molecule has 1 heterocycles. The van der Waals surface area contributed by atoms with Crippen molar-refractivity contribution in [3.63, 3.8) is 0 Å². The lowest BCUT2D eigenvalue weighted by Gasteiger charge is -2.29. The van der Waals surface area contributed by atoms with Gasteiger partial charge in [-0.3, -0.25) is 14.4 Å². The minimum absolute atomic E-state index is 0.111. The van der Waals surface area contributed by atoms with Gasteiger partial charge < -0.3 is 14.8 Å². The second-order valence-corrected chi connectivity index (χ2v) is 10.6. The number of benzene rings is 2. The van der Waals surface area contributed by atoms with E-state index in [4.69, 9.17) is 9.47 Å². The summed E-state index contributed by atoms with van der Waals surface area (Å²) in [4.78, 5) is 38.3. The number of ether oxygens (including phenoxy) is 2. The average molecular weight is 601 g/mol. The molecule has 0 aromatic heterocycles. The molecule has 0 radical (unpaired) electrons. The number of rotatable bonds is 9. The molecule has 1 aliphatic rings. The number of carbonyl (C=O) groups excluding carboxylic acids is 3. The predicted molar refractivity (Wildman–Crippen MR) is 133 cm³/mol. The average Bonchev–Trinajstić information content (AvgIpc) is 3.08. The van der Waals surface area contributed by atoms with Gasteiger partial charge in [-0.05, 0) is 71.1 Å². The molecule has 0 saturated carbocycles. The maximum atomic E-state index is 13.6. The number of anilines is 2. The number of sulfonamides is 1. The van der Waals surface area contributed by atoms with Crippen molar-refractivity contribution in [2.45, 2.75) is 30.6 Å². The van der Waals surface area contributed by atoms with Crippen LogP contribution in [0.4, 0.5) is 11.4 Å². The number of halogens is 1. The topological polar surface area (TPSA) is 122 Å². The van der Waals surface area contributed by atoms with Crippen molar-refractivity contribution in [2.75, 3.05) is 31.0 Å². The SMILES string of the molecule is COC(CN(C1CC(=O)N(c2ccc(I)cc2)C1=O)S(=O)(=O)c1ccc(NC(C)=O)cc1)OC. The Morgan fingerprint density at radius 1 is 1.12 bits per heavy atom. The monoisotopic (exact) mass is 601 g/mol. The number of amides is 3. The third-order valence-corrected chi connectivity index (χ3v) is 7.80. The number of hydrogen-bond acceptors (Lipinski definition) is 7. The van der Waals surface area contributed by atoms with Crippen LogP contribution in [0.3, 0.4) is 0 Å². The summed E-state index contributed by atoms with van der Waals surface area (Å²) in [7, 11) is -1.56. The summed E-state index contributed by atoms with van der Waals surface area (Å²) in [6, 6.07) is 11.0. The van der Waals surface area contributed by atoms with Gasteiger partial charge in [0.15, 0.2) is 6.29 Å². The highest BCUT2D eigenvalue weighted by Crippen LogP contribution is 2.30. The van der Waals surface area contributed by atoms with Crippen molar-refractivity contribution < 1.29 is 32.3 Å². The fraction of sp³-hybridized carbons (Fsp3) is 0.318. The Kier molecular flexibility index (Phi) is 8.41. The van der Waals surface area contributed by atoms with Crippen LogP contribution in [0.25, 0.3) is 0 Å². The molecule has 3 rings (SSSR count). The first-order chi connectivity index (χ1) is 16.1. The van der Waals surface area contributed by atoms with E-state index in [-0.39, 0.29) is 23.8 Å². The number of nitrogens with one attached hydrogen (secondary N) is 1. The fourth-order valence-electron chi connectivity index (χ4n) is 3.54. The third-order valence-electron chi connectivity index (χ3n) is 5.19. The van der Waals surface area contributed by atoms with Crippen molar-refractivity contribution in [3.8, 4) is 0 Å². The number of carbonyl (C=O) groups is 3. The first kappa shape index (κ1) is 26.2. The zero-order valence-electron chi connectivity index (χ0n) is 18.7. The number of imide groups is 1. The lowest BCUT2D eigenvalue weighted by Crippen LogP contribution is -2.49. The van der Waals surface area contributed by atoms with E-state index >= 15 is 0 Å². The first-order valence-corrected chi connectivity index (χ1v) is 12.7. The highest BCUT2D eigenvalue weighted by atomic mass is 127. The zero-order valence-corrected chi connectivity index (χ0v) is 21.7. The van der Waals surface area contributed by atoms with Crippen LogP contribution in [-0.2, 0) is 33.9 Å². The number of nitrogens with zero attached hydrogens (tertiary/aromatic N) is 2. The molecule has 0 spiro atoms. The highest BCUT2D eigenvalue weighted by Gasteiger charge is 2.47. The van der Waals surface area contributed by atoms with Crippen molar-refractivity contribution in [2.24, 2.45) is 0 Å². The summed E-state index contributed by atoms with van der Waals surface area (Å²) in [5.74, 6) is -1.47. The van der Waals surface area contributed by atoms with Gasteiger partial charge in [-0.15, -0.1) is 0 Å². The molecule has 34 heavy (non-hydrogen) atoms. The second-order valence-electron chi connectivity index (χ2n) is 7.44. The molecule has 1 fully saturated rings. The molecule has 3 amide bonds. The highest BCUT2D eigenvalue weighted by molar-refractivity contribution is 14.1. The van der Waals surface area contributed by atoms with Gasteiger partial charge >= 0.3 is 0 Å². The molecule has 0 aliphatic carbocycles. The summed E-state index contributed by atoms with van der Waals surface area (Å²) in [6.45, 7) is 1.02. The van der Waals surface area contributed by atoms with Gasteiger partial charge in [0.2, 0.25) is 21.8 Å². The van der Waals surface area contributed by atoms with Crippen LogP contribution in [0.1, 0.15) is 13.3 Å². The molecule has 1 saturated heterocycles. The van der Waals surface area contributed by atoms with E-state index in [1.54, 1.807) is 24.3 Å². The largest absolute Gasteiger partial charge is 0.354 e. The number of hydrogen-bond donors (Lipinski definition) is 1. The molecule has 182 valence electrons. The van der Waals surface area contributed by atoms with Gasteiger partial charge in [-0.1, -0.05) is 0 Å². The molecular weight excluding hydrogens is 577 g/mol. The van der Waals surface area contributed by atoms with Crippen molar-refractivity contribution in [3.05, 3.63) is 52.1 Å². The van der Waals surface area contributed by atoms with Crippen LogP contribution in [-0.4, -0.2) is 63.5 Å². The zero-order chi connectivity index (χ0) is 25.0.